The number of ether oxygens (including phenoxy) is 1. The van der Waals surface area contributed by atoms with E-state index >= 15 is 0 Å². The summed E-state index contributed by atoms with van der Waals surface area (Å²) in [4.78, 5) is 0.363. The zero-order chi connectivity index (χ0) is 12.5. The van der Waals surface area contributed by atoms with Crippen molar-refractivity contribution in [2.75, 3.05) is 0 Å². The fourth-order valence-electron chi connectivity index (χ4n) is 2.08. The van der Waals surface area contributed by atoms with Gasteiger partial charge in [0.15, 0.2) is 5.44 Å². The molecule has 1 heterocycles. The van der Waals surface area contributed by atoms with Gasteiger partial charge in [-0.1, -0.05) is 17.7 Å². The van der Waals surface area contributed by atoms with Crippen LogP contribution in [0, 0.1) is 6.92 Å². The van der Waals surface area contributed by atoms with Crippen molar-refractivity contribution in [2.45, 2.75) is 49.5 Å². The molecule has 0 amide bonds. The molecule has 4 heteroatoms. The Hall–Kier alpha value is -0.870. The Labute approximate surface area is 103 Å². The molecule has 1 fully saturated rings. The minimum atomic E-state index is -3.33. The molecule has 2 rings (SSSR count). The summed E-state index contributed by atoms with van der Waals surface area (Å²) in [6.07, 6.45) is 2.49. The van der Waals surface area contributed by atoms with E-state index in [1.165, 1.54) is 0 Å². The Bertz CT molecular complexity index is 476. The van der Waals surface area contributed by atoms with Gasteiger partial charge in [0, 0.05) is 0 Å². The summed E-state index contributed by atoms with van der Waals surface area (Å²) in [7, 11) is -3.33. The summed E-state index contributed by atoms with van der Waals surface area (Å²) >= 11 is 0. The van der Waals surface area contributed by atoms with Crippen molar-refractivity contribution in [3.63, 3.8) is 0 Å². The molecule has 17 heavy (non-hydrogen) atoms. The zero-order valence-electron chi connectivity index (χ0n) is 10.2. The van der Waals surface area contributed by atoms with Crippen LogP contribution < -0.4 is 0 Å². The molecule has 94 valence electrons. The van der Waals surface area contributed by atoms with Crippen LogP contribution in [-0.2, 0) is 14.6 Å². The van der Waals surface area contributed by atoms with Gasteiger partial charge in [0.05, 0.1) is 11.0 Å². The fourth-order valence-corrected chi connectivity index (χ4v) is 3.71. The second-order valence-corrected chi connectivity index (χ2v) is 6.75. The third-order valence-corrected chi connectivity index (χ3v) is 5.10. The monoisotopic (exact) mass is 254 g/mol. The predicted octanol–water partition coefficient (Wildman–Crippen LogP) is 2.68. The Morgan fingerprint density at radius 2 is 1.82 bits per heavy atom. The molecule has 0 bridgehead atoms. The molecule has 1 aliphatic rings. The lowest BCUT2D eigenvalue weighted by atomic mass is 10.1. The molecule has 1 aliphatic heterocycles. The van der Waals surface area contributed by atoms with Crippen molar-refractivity contribution in [3.05, 3.63) is 29.8 Å². The van der Waals surface area contributed by atoms with Crippen LogP contribution in [0.25, 0.3) is 0 Å². The molecule has 0 N–H and O–H groups in total. The normalized spacial score (nSPS) is 25.8. The standard InChI is InChI=1S/C13H18O3S/c1-10-6-8-12(9-7-10)17(14,15)13-5-3-4-11(2)16-13/h6-9,11,13H,3-5H2,1-2H3/t11-,13-/m0/s1. The second-order valence-electron chi connectivity index (χ2n) is 4.67. The first-order chi connectivity index (χ1) is 8.00. The molecule has 1 aromatic rings. The smallest absolute Gasteiger partial charge is 0.205 e. The predicted molar refractivity (Wildman–Crippen MR) is 66.6 cm³/mol. The number of hydrogen-bond donors (Lipinski definition) is 0. The van der Waals surface area contributed by atoms with Crippen LogP contribution in [0.3, 0.4) is 0 Å². The zero-order valence-corrected chi connectivity index (χ0v) is 11.0. The molecular formula is C13H18O3S. The van der Waals surface area contributed by atoms with Crippen molar-refractivity contribution < 1.29 is 13.2 Å². The van der Waals surface area contributed by atoms with E-state index in [2.05, 4.69) is 0 Å². The first kappa shape index (κ1) is 12.6. The molecule has 0 saturated carbocycles. The third-order valence-electron chi connectivity index (χ3n) is 3.13. The highest BCUT2D eigenvalue weighted by Crippen LogP contribution is 2.27. The van der Waals surface area contributed by atoms with E-state index in [-0.39, 0.29) is 6.10 Å². The van der Waals surface area contributed by atoms with E-state index in [4.69, 9.17) is 4.74 Å². The highest BCUT2D eigenvalue weighted by atomic mass is 32.2. The van der Waals surface area contributed by atoms with Crippen LogP contribution in [-0.4, -0.2) is 20.0 Å². The van der Waals surface area contributed by atoms with Crippen molar-refractivity contribution >= 4 is 9.84 Å². The van der Waals surface area contributed by atoms with Crippen molar-refractivity contribution in [2.24, 2.45) is 0 Å². The summed E-state index contributed by atoms with van der Waals surface area (Å²) in [6.45, 7) is 3.87. The molecule has 0 spiro atoms. The number of benzene rings is 1. The molecule has 2 atom stereocenters. The molecule has 0 aliphatic carbocycles. The second kappa shape index (κ2) is 4.78. The summed E-state index contributed by atoms with van der Waals surface area (Å²) in [5.74, 6) is 0. The Balaban J connectivity index is 2.26. The first-order valence-corrected chi connectivity index (χ1v) is 7.51. The lowest BCUT2D eigenvalue weighted by molar-refractivity contribution is 0.00285. The van der Waals surface area contributed by atoms with Crippen LogP contribution in [0.4, 0.5) is 0 Å². The van der Waals surface area contributed by atoms with Gasteiger partial charge in [0.1, 0.15) is 0 Å². The van der Waals surface area contributed by atoms with Gasteiger partial charge in [-0.25, -0.2) is 8.42 Å². The Morgan fingerprint density at radius 3 is 2.41 bits per heavy atom. The number of aryl methyl sites for hydroxylation is 1. The number of hydrogen-bond acceptors (Lipinski definition) is 3. The summed E-state index contributed by atoms with van der Waals surface area (Å²) in [6, 6.07) is 6.96. The van der Waals surface area contributed by atoms with Crippen molar-refractivity contribution in [1.29, 1.82) is 0 Å². The minimum absolute atomic E-state index is 0.0361. The van der Waals surface area contributed by atoms with E-state index < -0.39 is 15.3 Å². The lowest BCUT2D eigenvalue weighted by Gasteiger charge is -2.27. The molecule has 1 saturated heterocycles. The van der Waals surface area contributed by atoms with Gasteiger partial charge in [0.25, 0.3) is 0 Å². The van der Waals surface area contributed by atoms with Crippen LogP contribution >= 0.6 is 0 Å². The molecule has 0 radical (unpaired) electrons. The number of rotatable bonds is 2. The van der Waals surface area contributed by atoms with Gasteiger partial charge in [-0.3, -0.25) is 0 Å². The van der Waals surface area contributed by atoms with E-state index in [0.717, 1.165) is 18.4 Å². The molecule has 0 unspecified atom stereocenters. The highest BCUT2D eigenvalue weighted by molar-refractivity contribution is 7.91. The third kappa shape index (κ3) is 2.69. The topological polar surface area (TPSA) is 43.4 Å². The van der Waals surface area contributed by atoms with E-state index in [9.17, 15) is 8.42 Å². The van der Waals surface area contributed by atoms with E-state index in [1.54, 1.807) is 12.1 Å². The molecule has 3 nitrogen and oxygen atoms in total. The average molecular weight is 254 g/mol. The lowest BCUT2D eigenvalue weighted by Crippen LogP contribution is -2.32. The fraction of sp³-hybridized carbons (Fsp3) is 0.538. The largest absolute Gasteiger partial charge is 0.359 e. The Kier molecular flexibility index (Phi) is 3.54. The van der Waals surface area contributed by atoms with Gasteiger partial charge in [-0.2, -0.15) is 0 Å². The summed E-state index contributed by atoms with van der Waals surface area (Å²) in [5, 5.41) is 0. The molecule has 0 aromatic heterocycles. The van der Waals surface area contributed by atoms with Gasteiger partial charge in [-0.05, 0) is 45.2 Å². The van der Waals surface area contributed by atoms with Crippen molar-refractivity contribution in [3.8, 4) is 0 Å². The quantitative estimate of drug-likeness (QED) is 0.815. The summed E-state index contributed by atoms with van der Waals surface area (Å²) in [5.41, 5.74) is 0.385. The van der Waals surface area contributed by atoms with Gasteiger partial charge < -0.3 is 4.74 Å². The van der Waals surface area contributed by atoms with Crippen LogP contribution in [0.2, 0.25) is 0 Å². The van der Waals surface area contributed by atoms with Crippen LogP contribution in [0.1, 0.15) is 31.7 Å². The maximum atomic E-state index is 12.3. The first-order valence-electron chi connectivity index (χ1n) is 5.96. The van der Waals surface area contributed by atoms with Gasteiger partial charge in [-0.15, -0.1) is 0 Å². The van der Waals surface area contributed by atoms with Gasteiger partial charge >= 0.3 is 0 Å². The van der Waals surface area contributed by atoms with Crippen LogP contribution in [0.5, 0.6) is 0 Å². The maximum absolute atomic E-state index is 12.3. The SMILES string of the molecule is Cc1ccc(S(=O)(=O)[C@H]2CCC[C@H](C)O2)cc1. The van der Waals surface area contributed by atoms with Crippen LogP contribution in [0.15, 0.2) is 29.2 Å². The minimum Gasteiger partial charge on any atom is -0.359 e. The highest BCUT2D eigenvalue weighted by Gasteiger charge is 2.32. The molecule has 1 aromatic carbocycles. The number of sulfone groups is 1. The maximum Gasteiger partial charge on any atom is 0.205 e. The van der Waals surface area contributed by atoms with Crippen molar-refractivity contribution in [1.82, 2.24) is 0 Å². The Morgan fingerprint density at radius 1 is 1.18 bits per heavy atom. The summed E-state index contributed by atoms with van der Waals surface area (Å²) < 4.78 is 30.2. The average Bonchev–Trinajstić information content (AvgIpc) is 2.29. The van der Waals surface area contributed by atoms with E-state index in [1.807, 2.05) is 26.0 Å². The molecular weight excluding hydrogens is 236 g/mol. The van der Waals surface area contributed by atoms with E-state index in [0.29, 0.717) is 11.3 Å². The van der Waals surface area contributed by atoms with Gasteiger partial charge in [0.2, 0.25) is 9.84 Å².